The van der Waals surface area contributed by atoms with E-state index in [0.29, 0.717) is 5.88 Å². The quantitative estimate of drug-likeness (QED) is 0.717. The Morgan fingerprint density at radius 3 is 2.80 bits per heavy atom. The van der Waals surface area contributed by atoms with Crippen LogP contribution in [0.2, 0.25) is 0 Å². The molecule has 1 saturated heterocycles. The number of aromatic nitrogens is 3. The minimum atomic E-state index is 0.448. The summed E-state index contributed by atoms with van der Waals surface area (Å²) in [4.78, 5) is 2.52. The Labute approximate surface area is 95.2 Å². The molecule has 1 aromatic rings. The van der Waals surface area contributed by atoms with Crippen molar-refractivity contribution in [3.8, 4) is 0 Å². The molecule has 2 heterocycles. The molecule has 0 atom stereocenters. The summed E-state index contributed by atoms with van der Waals surface area (Å²) in [7, 11) is 0. The van der Waals surface area contributed by atoms with E-state index >= 15 is 0 Å². The standard InChI is InChI=1S/C10H17ClN4/c11-8-10-13-12-9-15(10)7-3-6-14-4-1-2-5-14/h9H,1-8H2. The van der Waals surface area contributed by atoms with Crippen LogP contribution in [-0.4, -0.2) is 39.3 Å². The van der Waals surface area contributed by atoms with Gasteiger partial charge in [0.1, 0.15) is 12.2 Å². The monoisotopic (exact) mass is 228 g/mol. The highest BCUT2D eigenvalue weighted by molar-refractivity contribution is 6.16. The molecule has 0 amide bonds. The minimum absolute atomic E-state index is 0.448. The Morgan fingerprint density at radius 2 is 2.07 bits per heavy atom. The molecular formula is C10H17ClN4. The fraction of sp³-hybridized carbons (Fsp3) is 0.800. The van der Waals surface area contributed by atoms with E-state index in [1.165, 1.54) is 32.5 Å². The molecule has 1 aliphatic rings. The van der Waals surface area contributed by atoms with Crippen molar-refractivity contribution in [3.63, 3.8) is 0 Å². The summed E-state index contributed by atoms with van der Waals surface area (Å²) in [6.45, 7) is 4.69. The van der Waals surface area contributed by atoms with Crippen molar-refractivity contribution in [1.82, 2.24) is 19.7 Å². The smallest absolute Gasteiger partial charge is 0.147 e. The van der Waals surface area contributed by atoms with E-state index in [-0.39, 0.29) is 0 Å². The topological polar surface area (TPSA) is 34.0 Å². The predicted octanol–water partition coefficient (Wildman–Crippen LogP) is 1.50. The highest BCUT2D eigenvalue weighted by atomic mass is 35.5. The van der Waals surface area contributed by atoms with Gasteiger partial charge in [-0.05, 0) is 38.9 Å². The van der Waals surface area contributed by atoms with Crippen molar-refractivity contribution in [2.45, 2.75) is 31.7 Å². The van der Waals surface area contributed by atoms with Crippen LogP contribution in [-0.2, 0) is 12.4 Å². The van der Waals surface area contributed by atoms with Gasteiger partial charge in [0.15, 0.2) is 0 Å². The van der Waals surface area contributed by atoms with E-state index in [4.69, 9.17) is 11.6 Å². The van der Waals surface area contributed by atoms with Crippen LogP contribution in [0.15, 0.2) is 6.33 Å². The van der Waals surface area contributed by atoms with Crippen molar-refractivity contribution in [2.24, 2.45) is 0 Å². The summed E-state index contributed by atoms with van der Waals surface area (Å²) in [5.74, 6) is 1.32. The largest absolute Gasteiger partial charge is 0.317 e. The lowest BCUT2D eigenvalue weighted by atomic mass is 10.4. The number of rotatable bonds is 5. The molecular weight excluding hydrogens is 212 g/mol. The van der Waals surface area contributed by atoms with Crippen LogP contribution in [0.25, 0.3) is 0 Å². The number of aryl methyl sites for hydroxylation is 1. The molecule has 0 radical (unpaired) electrons. The maximum Gasteiger partial charge on any atom is 0.147 e. The molecule has 1 aliphatic heterocycles. The molecule has 4 nitrogen and oxygen atoms in total. The molecule has 0 spiro atoms. The Morgan fingerprint density at radius 1 is 1.27 bits per heavy atom. The first kappa shape index (κ1) is 10.9. The summed E-state index contributed by atoms with van der Waals surface area (Å²) in [5, 5.41) is 7.81. The van der Waals surface area contributed by atoms with E-state index in [2.05, 4.69) is 15.1 Å². The van der Waals surface area contributed by atoms with Gasteiger partial charge in [-0.1, -0.05) is 0 Å². The summed E-state index contributed by atoms with van der Waals surface area (Å²) >= 11 is 5.75. The molecule has 0 unspecified atom stereocenters. The minimum Gasteiger partial charge on any atom is -0.317 e. The first-order valence-electron chi connectivity index (χ1n) is 5.55. The molecule has 0 N–H and O–H groups in total. The number of nitrogens with zero attached hydrogens (tertiary/aromatic N) is 4. The van der Waals surface area contributed by atoms with Crippen LogP contribution in [0.4, 0.5) is 0 Å². The number of halogens is 1. The van der Waals surface area contributed by atoms with Gasteiger partial charge in [-0.25, -0.2) is 0 Å². The fourth-order valence-corrected chi connectivity index (χ4v) is 2.25. The summed E-state index contributed by atoms with van der Waals surface area (Å²) in [6.07, 6.45) is 5.64. The normalized spacial score (nSPS) is 17.4. The Balaban J connectivity index is 1.73. The van der Waals surface area contributed by atoms with Crippen LogP contribution >= 0.6 is 11.6 Å². The summed E-state index contributed by atoms with van der Waals surface area (Å²) < 4.78 is 2.04. The lowest BCUT2D eigenvalue weighted by Crippen LogP contribution is -2.21. The average molecular weight is 229 g/mol. The molecule has 0 aliphatic carbocycles. The van der Waals surface area contributed by atoms with E-state index in [0.717, 1.165) is 18.8 Å². The molecule has 0 saturated carbocycles. The zero-order valence-electron chi connectivity index (χ0n) is 8.90. The third-order valence-electron chi connectivity index (χ3n) is 2.89. The number of hydrogen-bond donors (Lipinski definition) is 0. The van der Waals surface area contributed by atoms with Gasteiger partial charge in [0.25, 0.3) is 0 Å². The van der Waals surface area contributed by atoms with Gasteiger partial charge in [0, 0.05) is 6.54 Å². The molecule has 15 heavy (non-hydrogen) atoms. The highest BCUT2D eigenvalue weighted by Gasteiger charge is 2.10. The molecule has 2 rings (SSSR count). The van der Waals surface area contributed by atoms with Crippen LogP contribution in [0.3, 0.4) is 0 Å². The van der Waals surface area contributed by atoms with Gasteiger partial charge in [0.05, 0.1) is 5.88 Å². The van der Waals surface area contributed by atoms with Crippen molar-refractivity contribution >= 4 is 11.6 Å². The second-order valence-corrected chi connectivity index (χ2v) is 4.24. The van der Waals surface area contributed by atoms with Crippen LogP contribution < -0.4 is 0 Å². The molecule has 0 aromatic carbocycles. The number of alkyl halides is 1. The Kier molecular flexibility index (Phi) is 3.97. The molecule has 0 bridgehead atoms. The average Bonchev–Trinajstić information content (AvgIpc) is 2.88. The number of hydrogen-bond acceptors (Lipinski definition) is 3. The van der Waals surface area contributed by atoms with E-state index in [9.17, 15) is 0 Å². The predicted molar refractivity (Wildman–Crippen MR) is 59.9 cm³/mol. The first-order chi connectivity index (χ1) is 7.40. The molecule has 1 aromatic heterocycles. The number of likely N-dealkylation sites (tertiary alicyclic amines) is 1. The van der Waals surface area contributed by atoms with E-state index < -0.39 is 0 Å². The zero-order chi connectivity index (χ0) is 10.5. The van der Waals surface area contributed by atoms with Gasteiger partial charge in [-0.2, -0.15) is 0 Å². The maximum absolute atomic E-state index is 5.75. The Bertz CT molecular complexity index is 293. The van der Waals surface area contributed by atoms with E-state index in [1.54, 1.807) is 6.33 Å². The third kappa shape index (κ3) is 2.92. The summed E-state index contributed by atoms with van der Waals surface area (Å²) in [6, 6.07) is 0. The van der Waals surface area contributed by atoms with Crippen LogP contribution in [0.5, 0.6) is 0 Å². The molecule has 1 fully saturated rings. The third-order valence-corrected chi connectivity index (χ3v) is 3.13. The van der Waals surface area contributed by atoms with Gasteiger partial charge < -0.3 is 9.47 Å². The molecule has 84 valence electrons. The second kappa shape index (κ2) is 5.47. The van der Waals surface area contributed by atoms with Crippen molar-refractivity contribution in [3.05, 3.63) is 12.2 Å². The zero-order valence-corrected chi connectivity index (χ0v) is 9.66. The van der Waals surface area contributed by atoms with Crippen LogP contribution in [0.1, 0.15) is 25.1 Å². The summed E-state index contributed by atoms with van der Waals surface area (Å²) in [5.41, 5.74) is 0. The lowest BCUT2D eigenvalue weighted by molar-refractivity contribution is 0.324. The fourth-order valence-electron chi connectivity index (χ4n) is 2.04. The van der Waals surface area contributed by atoms with Gasteiger partial charge in [0.2, 0.25) is 0 Å². The maximum atomic E-state index is 5.75. The van der Waals surface area contributed by atoms with E-state index in [1.807, 2.05) is 4.57 Å². The highest BCUT2D eigenvalue weighted by Crippen LogP contribution is 2.08. The van der Waals surface area contributed by atoms with Crippen molar-refractivity contribution in [1.29, 1.82) is 0 Å². The van der Waals surface area contributed by atoms with Crippen LogP contribution in [0, 0.1) is 0 Å². The molecule has 5 heteroatoms. The SMILES string of the molecule is ClCc1nncn1CCCN1CCCC1. The van der Waals surface area contributed by atoms with Gasteiger partial charge in [-0.3, -0.25) is 0 Å². The second-order valence-electron chi connectivity index (χ2n) is 3.98. The van der Waals surface area contributed by atoms with Crippen molar-refractivity contribution in [2.75, 3.05) is 19.6 Å². The first-order valence-corrected chi connectivity index (χ1v) is 6.08. The van der Waals surface area contributed by atoms with Gasteiger partial charge >= 0.3 is 0 Å². The lowest BCUT2D eigenvalue weighted by Gasteiger charge is -2.14. The Hall–Kier alpha value is -0.610. The van der Waals surface area contributed by atoms with Gasteiger partial charge in [-0.15, -0.1) is 21.8 Å². The van der Waals surface area contributed by atoms with Crippen molar-refractivity contribution < 1.29 is 0 Å².